The molecule has 11 aromatic rings. The van der Waals surface area contributed by atoms with Gasteiger partial charge in [0, 0.05) is 16.2 Å². The van der Waals surface area contributed by atoms with Crippen molar-refractivity contribution < 1.29 is 4.42 Å². The van der Waals surface area contributed by atoms with Gasteiger partial charge < -0.3 is 4.42 Å². The number of benzene rings is 10. The molecule has 1 heteroatoms. The van der Waals surface area contributed by atoms with Gasteiger partial charge in [0.1, 0.15) is 11.2 Å². The van der Waals surface area contributed by atoms with Gasteiger partial charge in [-0.3, -0.25) is 0 Å². The van der Waals surface area contributed by atoms with Crippen LogP contribution in [0.5, 0.6) is 0 Å². The van der Waals surface area contributed by atoms with E-state index < -0.39 is 0 Å². The zero-order chi connectivity index (χ0) is 32.1. The van der Waals surface area contributed by atoms with Crippen LogP contribution in [0.4, 0.5) is 0 Å². The minimum atomic E-state index is 0.940. The number of rotatable bonds is 3. The third kappa shape index (κ3) is 3.76. The molecule has 0 fully saturated rings. The first-order valence-corrected chi connectivity index (χ1v) is 16.9. The van der Waals surface area contributed by atoms with E-state index in [0.29, 0.717) is 0 Å². The Morgan fingerprint density at radius 1 is 0.286 bits per heavy atom. The van der Waals surface area contributed by atoms with E-state index in [2.05, 4.69) is 170 Å². The number of furan rings is 1. The summed E-state index contributed by atoms with van der Waals surface area (Å²) in [5, 5.41) is 14.8. The minimum Gasteiger partial charge on any atom is -0.456 e. The molecule has 49 heavy (non-hydrogen) atoms. The Bertz CT molecular complexity index is 3050. The van der Waals surface area contributed by atoms with E-state index in [-0.39, 0.29) is 0 Å². The predicted molar refractivity (Wildman–Crippen MR) is 209 cm³/mol. The van der Waals surface area contributed by atoms with E-state index in [9.17, 15) is 0 Å². The van der Waals surface area contributed by atoms with E-state index in [0.717, 1.165) is 11.2 Å². The van der Waals surface area contributed by atoms with E-state index in [1.54, 1.807) is 0 Å². The SMILES string of the molecule is c1ccc(-c2c3ccccc3c(-c3cc4cccc5oc6cc7ccccc7c3c6c45)c3ccccc23)c(-c2ccc3ccccc3c2)c1. The highest BCUT2D eigenvalue weighted by Crippen LogP contribution is 2.51. The van der Waals surface area contributed by atoms with Gasteiger partial charge in [-0.2, -0.15) is 0 Å². The molecule has 0 aliphatic carbocycles. The van der Waals surface area contributed by atoms with Gasteiger partial charge in [-0.1, -0.05) is 146 Å². The fraction of sp³-hybridized carbons (Fsp3) is 0. The van der Waals surface area contributed by atoms with Crippen molar-refractivity contribution in [1.29, 1.82) is 0 Å². The van der Waals surface area contributed by atoms with Gasteiger partial charge in [-0.15, -0.1) is 0 Å². The van der Waals surface area contributed by atoms with Gasteiger partial charge in [0.2, 0.25) is 0 Å². The molecule has 1 aromatic heterocycles. The van der Waals surface area contributed by atoms with Crippen molar-refractivity contribution in [3.63, 3.8) is 0 Å². The lowest BCUT2D eigenvalue weighted by atomic mass is 9.81. The second-order valence-corrected chi connectivity index (χ2v) is 13.2. The molecule has 0 unspecified atom stereocenters. The first-order valence-electron chi connectivity index (χ1n) is 16.9. The summed E-state index contributed by atoms with van der Waals surface area (Å²) >= 11 is 0. The second kappa shape index (κ2) is 10.0. The summed E-state index contributed by atoms with van der Waals surface area (Å²) in [6.07, 6.45) is 0. The molecule has 0 N–H and O–H groups in total. The molecule has 1 nitrogen and oxygen atoms in total. The Morgan fingerprint density at radius 3 is 1.59 bits per heavy atom. The average Bonchev–Trinajstić information content (AvgIpc) is 3.54. The highest BCUT2D eigenvalue weighted by molar-refractivity contribution is 6.34. The molecule has 0 amide bonds. The summed E-state index contributed by atoms with van der Waals surface area (Å²) < 4.78 is 6.55. The summed E-state index contributed by atoms with van der Waals surface area (Å²) in [7, 11) is 0. The van der Waals surface area contributed by atoms with Crippen LogP contribution in [0, 0.1) is 0 Å². The standard InChI is InChI=1S/C48H28O/c1-2-13-30-26-32(25-24-29(30)12-1)34-16-5-6-18-36(34)45-37-19-7-9-21-39(37)46(40-22-10-8-20-38(40)45)41-27-33-15-11-23-42-44(33)48-43(49-42)28-31-14-3-4-17-35(31)47(41)48/h1-28H. The van der Waals surface area contributed by atoms with Gasteiger partial charge in [-0.25, -0.2) is 0 Å². The largest absolute Gasteiger partial charge is 0.456 e. The number of fused-ring (bicyclic) bond motifs is 5. The van der Waals surface area contributed by atoms with Crippen LogP contribution < -0.4 is 0 Å². The average molecular weight is 621 g/mol. The maximum absolute atomic E-state index is 6.55. The van der Waals surface area contributed by atoms with Gasteiger partial charge in [0.15, 0.2) is 0 Å². The highest BCUT2D eigenvalue weighted by atomic mass is 16.3. The van der Waals surface area contributed by atoms with Crippen LogP contribution in [0.25, 0.3) is 109 Å². The Kier molecular flexibility index (Phi) is 5.45. The lowest BCUT2D eigenvalue weighted by molar-refractivity contribution is 0.670. The van der Waals surface area contributed by atoms with Crippen molar-refractivity contribution in [1.82, 2.24) is 0 Å². The molecule has 0 saturated carbocycles. The molecule has 10 aromatic carbocycles. The van der Waals surface area contributed by atoms with Crippen molar-refractivity contribution in [2.45, 2.75) is 0 Å². The van der Waals surface area contributed by atoms with Crippen LogP contribution in [0.1, 0.15) is 0 Å². The van der Waals surface area contributed by atoms with E-state index >= 15 is 0 Å². The quantitative estimate of drug-likeness (QED) is 0.141. The maximum Gasteiger partial charge on any atom is 0.136 e. The zero-order valence-electron chi connectivity index (χ0n) is 26.6. The van der Waals surface area contributed by atoms with Crippen LogP contribution in [-0.4, -0.2) is 0 Å². The molecular weight excluding hydrogens is 593 g/mol. The van der Waals surface area contributed by atoms with Crippen LogP contribution in [0.3, 0.4) is 0 Å². The Morgan fingerprint density at radius 2 is 0.857 bits per heavy atom. The van der Waals surface area contributed by atoms with E-state index in [1.165, 1.54) is 98.0 Å². The molecule has 11 rings (SSSR count). The molecule has 1 heterocycles. The van der Waals surface area contributed by atoms with Crippen LogP contribution >= 0.6 is 0 Å². The summed E-state index contributed by atoms with van der Waals surface area (Å²) in [6.45, 7) is 0. The van der Waals surface area contributed by atoms with Crippen molar-refractivity contribution in [2.75, 3.05) is 0 Å². The minimum absolute atomic E-state index is 0.940. The molecule has 0 bridgehead atoms. The number of hydrogen-bond acceptors (Lipinski definition) is 1. The van der Waals surface area contributed by atoms with Crippen molar-refractivity contribution in [3.8, 4) is 33.4 Å². The molecule has 0 aliphatic heterocycles. The van der Waals surface area contributed by atoms with Crippen molar-refractivity contribution in [3.05, 3.63) is 170 Å². The molecule has 0 saturated heterocycles. The first-order chi connectivity index (χ1) is 24.3. The second-order valence-electron chi connectivity index (χ2n) is 13.2. The van der Waals surface area contributed by atoms with Crippen molar-refractivity contribution in [2.24, 2.45) is 0 Å². The van der Waals surface area contributed by atoms with Gasteiger partial charge in [0.05, 0.1) is 0 Å². The van der Waals surface area contributed by atoms with Gasteiger partial charge in [-0.05, 0) is 106 Å². The third-order valence-electron chi connectivity index (χ3n) is 10.6. The lowest BCUT2D eigenvalue weighted by Gasteiger charge is -2.21. The smallest absolute Gasteiger partial charge is 0.136 e. The van der Waals surface area contributed by atoms with Crippen LogP contribution in [0.15, 0.2) is 174 Å². The fourth-order valence-corrected chi connectivity index (χ4v) is 8.51. The Labute approximate surface area is 282 Å². The molecular formula is C48H28O. The molecule has 0 radical (unpaired) electrons. The molecule has 0 atom stereocenters. The van der Waals surface area contributed by atoms with E-state index in [4.69, 9.17) is 4.42 Å². The summed E-state index contributed by atoms with van der Waals surface area (Å²) in [6, 6.07) is 62.1. The van der Waals surface area contributed by atoms with Crippen molar-refractivity contribution >= 4 is 75.8 Å². The zero-order valence-corrected chi connectivity index (χ0v) is 26.6. The summed E-state index contributed by atoms with van der Waals surface area (Å²) in [5.74, 6) is 0. The Balaban J connectivity index is 1.30. The molecule has 226 valence electrons. The van der Waals surface area contributed by atoms with E-state index in [1.807, 2.05) is 0 Å². The van der Waals surface area contributed by atoms with Crippen LogP contribution in [-0.2, 0) is 0 Å². The third-order valence-corrected chi connectivity index (χ3v) is 10.6. The first kappa shape index (κ1) is 26.6. The van der Waals surface area contributed by atoms with Crippen LogP contribution in [0.2, 0.25) is 0 Å². The fourth-order valence-electron chi connectivity index (χ4n) is 8.51. The van der Waals surface area contributed by atoms with Gasteiger partial charge in [0.25, 0.3) is 0 Å². The lowest BCUT2D eigenvalue weighted by Crippen LogP contribution is -1.94. The maximum atomic E-state index is 6.55. The molecule has 0 spiro atoms. The highest BCUT2D eigenvalue weighted by Gasteiger charge is 2.24. The van der Waals surface area contributed by atoms with Gasteiger partial charge >= 0.3 is 0 Å². The predicted octanol–water partition coefficient (Wildman–Crippen LogP) is 13.8. The summed E-state index contributed by atoms with van der Waals surface area (Å²) in [5.41, 5.74) is 9.35. The Hall–Kier alpha value is -6.44. The topological polar surface area (TPSA) is 13.1 Å². The monoisotopic (exact) mass is 620 g/mol. The molecule has 0 aliphatic rings. The number of hydrogen-bond donors (Lipinski definition) is 0. The normalized spacial score (nSPS) is 12.1. The summed E-state index contributed by atoms with van der Waals surface area (Å²) in [4.78, 5) is 0.